The lowest BCUT2D eigenvalue weighted by molar-refractivity contribution is 0.101. The van der Waals surface area contributed by atoms with E-state index in [1.807, 2.05) is 25.1 Å². The Morgan fingerprint density at radius 2 is 2.11 bits per heavy atom. The fourth-order valence-electron chi connectivity index (χ4n) is 2.33. The van der Waals surface area contributed by atoms with Crippen molar-refractivity contribution in [1.29, 1.82) is 0 Å². The second-order valence-corrected chi connectivity index (χ2v) is 4.84. The van der Waals surface area contributed by atoms with Crippen molar-refractivity contribution in [2.75, 3.05) is 32.8 Å². The minimum Gasteiger partial charge on any atom is -0.494 e. The van der Waals surface area contributed by atoms with Gasteiger partial charge in [-0.1, -0.05) is 0 Å². The minimum absolute atomic E-state index is 0.101. The van der Waals surface area contributed by atoms with Crippen LogP contribution in [0.15, 0.2) is 18.2 Å². The molecule has 1 N–H and O–H groups in total. The lowest BCUT2D eigenvalue weighted by atomic mass is 10.1. The van der Waals surface area contributed by atoms with Crippen molar-refractivity contribution >= 4 is 5.78 Å². The van der Waals surface area contributed by atoms with Crippen LogP contribution >= 0.6 is 0 Å². The summed E-state index contributed by atoms with van der Waals surface area (Å²) in [7, 11) is 0. The molecule has 1 heterocycles. The van der Waals surface area contributed by atoms with Crippen LogP contribution in [0.4, 0.5) is 0 Å². The van der Waals surface area contributed by atoms with E-state index in [0.29, 0.717) is 6.61 Å². The van der Waals surface area contributed by atoms with E-state index in [-0.39, 0.29) is 5.78 Å². The summed E-state index contributed by atoms with van der Waals surface area (Å²) in [6.07, 6.45) is 0. The van der Waals surface area contributed by atoms with Gasteiger partial charge in [0.05, 0.1) is 6.61 Å². The Labute approximate surface area is 114 Å². The monoisotopic (exact) mass is 262 g/mol. The van der Waals surface area contributed by atoms with E-state index in [0.717, 1.165) is 49.6 Å². The molecule has 0 saturated carbocycles. The molecule has 0 spiro atoms. The molecule has 1 aromatic carbocycles. The number of nitrogens with zero attached hydrogens (tertiary/aromatic N) is 1. The number of ether oxygens (including phenoxy) is 1. The van der Waals surface area contributed by atoms with Crippen molar-refractivity contribution in [3.05, 3.63) is 29.3 Å². The number of ketones is 1. The summed E-state index contributed by atoms with van der Waals surface area (Å²) in [4.78, 5) is 13.9. The van der Waals surface area contributed by atoms with E-state index >= 15 is 0 Å². The molecular weight excluding hydrogens is 240 g/mol. The topological polar surface area (TPSA) is 41.6 Å². The molecule has 2 rings (SSSR count). The molecule has 0 amide bonds. The van der Waals surface area contributed by atoms with Crippen LogP contribution in [0.3, 0.4) is 0 Å². The van der Waals surface area contributed by atoms with Gasteiger partial charge in [0.1, 0.15) is 5.75 Å². The molecule has 1 aliphatic heterocycles. The van der Waals surface area contributed by atoms with Gasteiger partial charge < -0.3 is 10.1 Å². The zero-order valence-electron chi connectivity index (χ0n) is 11.7. The Kier molecular flexibility index (Phi) is 4.93. The summed E-state index contributed by atoms with van der Waals surface area (Å²) in [5.41, 5.74) is 1.87. The van der Waals surface area contributed by atoms with Crippen LogP contribution in [0, 0.1) is 0 Å². The molecule has 0 radical (unpaired) electrons. The summed E-state index contributed by atoms with van der Waals surface area (Å²) >= 11 is 0. The van der Waals surface area contributed by atoms with Gasteiger partial charge in [-0.15, -0.1) is 0 Å². The standard InChI is InChI=1S/C15H22N2O2/c1-3-19-15-5-4-13(12(2)18)10-14(15)11-17-8-6-16-7-9-17/h4-5,10,16H,3,6-9,11H2,1-2H3. The molecule has 1 fully saturated rings. The highest BCUT2D eigenvalue weighted by molar-refractivity contribution is 5.94. The second-order valence-electron chi connectivity index (χ2n) is 4.84. The van der Waals surface area contributed by atoms with Gasteiger partial charge in [0.2, 0.25) is 0 Å². The molecule has 1 saturated heterocycles. The molecule has 1 aliphatic rings. The first-order valence-corrected chi connectivity index (χ1v) is 6.90. The van der Waals surface area contributed by atoms with Crippen LogP contribution in [0.2, 0.25) is 0 Å². The van der Waals surface area contributed by atoms with Gasteiger partial charge in [-0.3, -0.25) is 9.69 Å². The maximum Gasteiger partial charge on any atom is 0.159 e. The molecule has 19 heavy (non-hydrogen) atoms. The maximum absolute atomic E-state index is 11.5. The summed E-state index contributed by atoms with van der Waals surface area (Å²) in [5.74, 6) is 0.996. The third-order valence-corrected chi connectivity index (χ3v) is 3.37. The second kappa shape index (κ2) is 6.68. The molecule has 0 unspecified atom stereocenters. The zero-order chi connectivity index (χ0) is 13.7. The van der Waals surface area contributed by atoms with Crippen molar-refractivity contribution in [2.45, 2.75) is 20.4 Å². The van der Waals surface area contributed by atoms with E-state index in [1.54, 1.807) is 6.92 Å². The third-order valence-electron chi connectivity index (χ3n) is 3.37. The molecular formula is C15H22N2O2. The van der Waals surface area contributed by atoms with Gasteiger partial charge in [0, 0.05) is 43.9 Å². The van der Waals surface area contributed by atoms with Gasteiger partial charge in [-0.25, -0.2) is 0 Å². The van der Waals surface area contributed by atoms with Crippen LogP contribution in [0.25, 0.3) is 0 Å². The SMILES string of the molecule is CCOc1ccc(C(C)=O)cc1CN1CCNCC1. The quantitative estimate of drug-likeness (QED) is 0.820. The van der Waals surface area contributed by atoms with E-state index in [1.165, 1.54) is 0 Å². The Balaban J connectivity index is 2.18. The van der Waals surface area contributed by atoms with Crippen LogP contribution in [-0.2, 0) is 6.54 Å². The van der Waals surface area contributed by atoms with Crippen molar-refractivity contribution in [3.8, 4) is 5.75 Å². The highest BCUT2D eigenvalue weighted by Crippen LogP contribution is 2.22. The predicted molar refractivity (Wildman–Crippen MR) is 75.8 cm³/mol. The summed E-state index contributed by atoms with van der Waals surface area (Å²) in [6.45, 7) is 9.20. The van der Waals surface area contributed by atoms with E-state index < -0.39 is 0 Å². The number of benzene rings is 1. The Morgan fingerprint density at radius 3 is 2.74 bits per heavy atom. The number of piperazine rings is 1. The van der Waals surface area contributed by atoms with Gasteiger partial charge in [0.25, 0.3) is 0 Å². The molecule has 0 atom stereocenters. The first-order valence-electron chi connectivity index (χ1n) is 6.90. The molecule has 0 aliphatic carbocycles. The third kappa shape index (κ3) is 3.78. The van der Waals surface area contributed by atoms with E-state index in [9.17, 15) is 4.79 Å². The highest BCUT2D eigenvalue weighted by Gasteiger charge is 2.14. The van der Waals surface area contributed by atoms with Gasteiger partial charge in [-0.05, 0) is 32.0 Å². The smallest absolute Gasteiger partial charge is 0.159 e. The van der Waals surface area contributed by atoms with Gasteiger partial charge in [0.15, 0.2) is 5.78 Å². The summed E-state index contributed by atoms with van der Waals surface area (Å²) < 4.78 is 5.66. The lowest BCUT2D eigenvalue weighted by Crippen LogP contribution is -2.42. The summed E-state index contributed by atoms with van der Waals surface area (Å²) in [6, 6.07) is 5.72. The van der Waals surface area contributed by atoms with Crippen LogP contribution < -0.4 is 10.1 Å². The van der Waals surface area contributed by atoms with Crippen molar-refractivity contribution in [2.24, 2.45) is 0 Å². The van der Waals surface area contributed by atoms with Crippen LogP contribution in [-0.4, -0.2) is 43.5 Å². The first kappa shape index (κ1) is 14.0. The van der Waals surface area contributed by atoms with Gasteiger partial charge in [-0.2, -0.15) is 0 Å². The van der Waals surface area contributed by atoms with Gasteiger partial charge >= 0.3 is 0 Å². The van der Waals surface area contributed by atoms with Crippen molar-refractivity contribution < 1.29 is 9.53 Å². The lowest BCUT2D eigenvalue weighted by Gasteiger charge is -2.28. The average Bonchev–Trinajstić information content (AvgIpc) is 2.42. The molecule has 4 heteroatoms. The normalized spacial score (nSPS) is 16.3. The first-order chi connectivity index (χ1) is 9.20. The van der Waals surface area contributed by atoms with E-state index in [2.05, 4.69) is 10.2 Å². The molecule has 0 aromatic heterocycles. The number of carbonyl (C=O) groups excluding carboxylic acids is 1. The number of nitrogens with one attached hydrogen (secondary N) is 1. The molecule has 4 nitrogen and oxygen atoms in total. The Hall–Kier alpha value is -1.39. The molecule has 1 aromatic rings. The van der Waals surface area contributed by atoms with Crippen molar-refractivity contribution in [1.82, 2.24) is 10.2 Å². The van der Waals surface area contributed by atoms with Crippen LogP contribution in [0.1, 0.15) is 29.8 Å². The number of rotatable bonds is 5. The Morgan fingerprint density at radius 1 is 1.37 bits per heavy atom. The minimum atomic E-state index is 0.101. The average molecular weight is 262 g/mol. The fourth-order valence-corrected chi connectivity index (χ4v) is 2.33. The van der Waals surface area contributed by atoms with Crippen LogP contribution in [0.5, 0.6) is 5.75 Å². The maximum atomic E-state index is 11.5. The summed E-state index contributed by atoms with van der Waals surface area (Å²) in [5, 5.41) is 3.34. The number of Topliss-reactive ketones (excluding diaryl/α,β-unsaturated/α-hetero) is 1. The number of hydrogen-bond acceptors (Lipinski definition) is 4. The Bertz CT molecular complexity index is 440. The number of carbonyl (C=O) groups is 1. The molecule has 104 valence electrons. The highest BCUT2D eigenvalue weighted by atomic mass is 16.5. The molecule has 0 bridgehead atoms. The largest absolute Gasteiger partial charge is 0.494 e. The fraction of sp³-hybridized carbons (Fsp3) is 0.533. The predicted octanol–water partition coefficient (Wildman–Crippen LogP) is 1.69. The zero-order valence-corrected chi connectivity index (χ0v) is 11.7. The van der Waals surface area contributed by atoms with E-state index in [4.69, 9.17) is 4.74 Å². The number of hydrogen-bond donors (Lipinski definition) is 1. The van der Waals surface area contributed by atoms with Crippen molar-refractivity contribution in [3.63, 3.8) is 0 Å².